The van der Waals surface area contributed by atoms with Crippen molar-refractivity contribution in [3.8, 4) is 11.3 Å². The third kappa shape index (κ3) is 4.81. The summed E-state index contributed by atoms with van der Waals surface area (Å²) in [5.74, 6) is -0.417. The van der Waals surface area contributed by atoms with Gasteiger partial charge in [-0.2, -0.15) is 0 Å². The Kier molecular flexibility index (Phi) is 6.29. The van der Waals surface area contributed by atoms with Crippen LogP contribution in [0.15, 0.2) is 72.9 Å². The van der Waals surface area contributed by atoms with Gasteiger partial charge >= 0.3 is 6.09 Å². The van der Waals surface area contributed by atoms with E-state index < -0.39 is 29.7 Å². The first-order chi connectivity index (χ1) is 15.8. The van der Waals surface area contributed by atoms with Crippen LogP contribution in [0.2, 0.25) is 0 Å². The second kappa shape index (κ2) is 9.16. The molecule has 6 nitrogen and oxygen atoms in total. The van der Waals surface area contributed by atoms with Gasteiger partial charge in [0.2, 0.25) is 0 Å². The molecule has 0 N–H and O–H groups in total. The van der Waals surface area contributed by atoms with Crippen molar-refractivity contribution >= 4 is 12.0 Å². The second-order valence-electron chi connectivity index (χ2n) is 8.86. The van der Waals surface area contributed by atoms with E-state index in [2.05, 4.69) is 4.98 Å². The Balaban J connectivity index is 1.43. The molecule has 1 fully saturated rings. The number of rotatable bonds is 6. The normalized spacial score (nSPS) is 18.1. The molecule has 2 aromatic carbocycles. The van der Waals surface area contributed by atoms with E-state index in [1.165, 1.54) is 4.90 Å². The maximum absolute atomic E-state index is 13.2. The number of hydrogen-bond donors (Lipinski definition) is 0. The van der Waals surface area contributed by atoms with E-state index in [1.807, 2.05) is 93.7 Å². The van der Waals surface area contributed by atoms with Crippen LogP contribution in [0, 0.1) is 6.92 Å². The number of hydrogen-bond acceptors (Lipinski definition) is 5. The van der Waals surface area contributed by atoms with E-state index in [0.29, 0.717) is 0 Å². The fourth-order valence-electron chi connectivity index (χ4n) is 4.05. The molecule has 0 radical (unpaired) electrons. The van der Waals surface area contributed by atoms with Gasteiger partial charge in [0.15, 0.2) is 0 Å². The first-order valence-electron chi connectivity index (χ1n) is 11.0. The van der Waals surface area contributed by atoms with Crippen molar-refractivity contribution in [3.05, 3.63) is 89.6 Å². The van der Waals surface area contributed by atoms with Crippen LogP contribution in [0.5, 0.6) is 0 Å². The lowest BCUT2D eigenvalue weighted by atomic mass is 9.91. The molecular formula is C27H28N2O4. The van der Waals surface area contributed by atoms with Gasteiger partial charge in [0.1, 0.15) is 17.7 Å². The Bertz CT molecular complexity index is 1130. The zero-order chi connectivity index (χ0) is 23.6. The number of aromatic nitrogens is 1. The number of cyclic esters (lactones) is 1. The average molecular weight is 445 g/mol. The minimum atomic E-state index is -0.840. The molecule has 170 valence electrons. The maximum atomic E-state index is 13.2. The fourth-order valence-corrected chi connectivity index (χ4v) is 4.05. The van der Waals surface area contributed by atoms with Crippen molar-refractivity contribution in [1.82, 2.24) is 9.88 Å². The van der Waals surface area contributed by atoms with E-state index in [9.17, 15) is 9.59 Å². The topological polar surface area (TPSA) is 68.7 Å². The number of amides is 2. The molecule has 1 saturated heterocycles. The molecule has 1 aliphatic heterocycles. The van der Waals surface area contributed by atoms with E-state index in [1.54, 1.807) is 6.92 Å². The molecular weight excluding hydrogens is 416 g/mol. The molecule has 2 atom stereocenters. The molecule has 0 saturated carbocycles. The maximum Gasteiger partial charge on any atom is 0.417 e. The molecule has 1 aliphatic rings. The highest BCUT2D eigenvalue weighted by molar-refractivity contribution is 5.96. The van der Waals surface area contributed by atoms with Crippen molar-refractivity contribution in [1.29, 1.82) is 0 Å². The predicted octanol–water partition coefficient (Wildman–Crippen LogP) is 5.46. The van der Waals surface area contributed by atoms with Crippen molar-refractivity contribution in [2.45, 2.75) is 52.0 Å². The molecule has 3 aromatic rings. The lowest BCUT2D eigenvalue weighted by molar-refractivity contribution is -0.141. The summed E-state index contributed by atoms with van der Waals surface area (Å²) in [4.78, 5) is 31.4. The number of nitrogens with zero attached hydrogens (tertiary/aromatic N) is 2. The van der Waals surface area contributed by atoms with Crippen LogP contribution in [0.3, 0.4) is 0 Å². The zero-order valence-electron chi connectivity index (χ0n) is 19.3. The molecule has 2 heterocycles. The first-order valence-corrected chi connectivity index (χ1v) is 11.0. The van der Waals surface area contributed by atoms with Crippen molar-refractivity contribution in [3.63, 3.8) is 0 Å². The van der Waals surface area contributed by atoms with Crippen molar-refractivity contribution in [2.75, 3.05) is 0 Å². The van der Waals surface area contributed by atoms with Crippen LogP contribution in [0.1, 0.15) is 43.5 Å². The van der Waals surface area contributed by atoms with Crippen LogP contribution in [-0.4, -0.2) is 33.6 Å². The number of aryl methyl sites for hydroxylation is 1. The number of carbonyl (C=O) groups excluding carboxylic acids is 2. The van der Waals surface area contributed by atoms with Crippen LogP contribution in [0.25, 0.3) is 11.3 Å². The lowest BCUT2D eigenvalue weighted by Crippen LogP contribution is -2.43. The van der Waals surface area contributed by atoms with E-state index >= 15 is 0 Å². The molecule has 2 amide bonds. The average Bonchev–Trinajstić information content (AvgIpc) is 3.06. The summed E-state index contributed by atoms with van der Waals surface area (Å²) < 4.78 is 11.4. The molecule has 4 rings (SSSR count). The SMILES string of the molecule is Cc1ccc(-c2ccc(CO[C@@H](C)C(=O)N3C(=O)OC(C)(C)[C@@H]3c3ccccc3)cc2)nc1. The van der Waals surface area contributed by atoms with Crippen molar-refractivity contribution < 1.29 is 19.1 Å². The van der Waals surface area contributed by atoms with Crippen LogP contribution >= 0.6 is 0 Å². The Morgan fingerprint density at radius 2 is 1.79 bits per heavy atom. The number of benzene rings is 2. The molecule has 0 unspecified atom stereocenters. The molecule has 33 heavy (non-hydrogen) atoms. The van der Waals surface area contributed by atoms with Gasteiger partial charge < -0.3 is 9.47 Å². The molecule has 0 aliphatic carbocycles. The third-order valence-corrected chi connectivity index (χ3v) is 5.83. The van der Waals surface area contributed by atoms with Crippen LogP contribution in [-0.2, 0) is 20.9 Å². The quantitative estimate of drug-likeness (QED) is 0.505. The van der Waals surface area contributed by atoms with Crippen LogP contribution in [0.4, 0.5) is 4.79 Å². The highest BCUT2D eigenvalue weighted by Gasteiger charge is 2.52. The third-order valence-electron chi connectivity index (χ3n) is 5.83. The molecule has 1 aromatic heterocycles. The zero-order valence-corrected chi connectivity index (χ0v) is 19.3. The second-order valence-corrected chi connectivity index (χ2v) is 8.86. The molecule has 0 spiro atoms. The lowest BCUT2D eigenvalue weighted by Gasteiger charge is -2.29. The van der Waals surface area contributed by atoms with Gasteiger partial charge in [0, 0.05) is 11.8 Å². The Labute approximate surface area is 194 Å². The summed E-state index contributed by atoms with van der Waals surface area (Å²) in [5.41, 5.74) is 3.95. The van der Waals surface area contributed by atoms with Crippen LogP contribution < -0.4 is 0 Å². The highest BCUT2D eigenvalue weighted by atomic mass is 16.6. The first kappa shape index (κ1) is 22.7. The molecule has 0 bridgehead atoms. The van der Waals surface area contributed by atoms with Gasteiger partial charge in [-0.15, -0.1) is 0 Å². The largest absolute Gasteiger partial charge is 0.440 e. The smallest absolute Gasteiger partial charge is 0.417 e. The minimum Gasteiger partial charge on any atom is -0.440 e. The van der Waals surface area contributed by atoms with Gasteiger partial charge in [-0.3, -0.25) is 9.78 Å². The van der Waals surface area contributed by atoms with E-state index in [0.717, 1.165) is 27.9 Å². The fraction of sp³-hybridized carbons (Fsp3) is 0.296. The molecule has 6 heteroatoms. The number of pyridine rings is 1. The standard InChI is InChI=1S/C27H28N2O4/c1-18-10-15-23(28-16-18)21-13-11-20(12-14-21)17-32-19(2)25(30)29-24(22-8-6-5-7-9-22)27(3,4)33-26(29)31/h5-16,19,24H,17H2,1-4H3/t19-,24-/m0/s1. The minimum absolute atomic E-state index is 0.247. The summed E-state index contributed by atoms with van der Waals surface area (Å²) >= 11 is 0. The summed E-state index contributed by atoms with van der Waals surface area (Å²) in [7, 11) is 0. The summed E-state index contributed by atoms with van der Waals surface area (Å²) in [6.45, 7) is 7.53. The predicted molar refractivity (Wildman–Crippen MR) is 125 cm³/mol. The Hall–Kier alpha value is -3.51. The van der Waals surface area contributed by atoms with E-state index in [4.69, 9.17) is 9.47 Å². The van der Waals surface area contributed by atoms with Crippen molar-refractivity contribution in [2.24, 2.45) is 0 Å². The van der Waals surface area contributed by atoms with E-state index in [-0.39, 0.29) is 6.61 Å². The Morgan fingerprint density at radius 1 is 1.09 bits per heavy atom. The van der Waals surface area contributed by atoms with Gasteiger partial charge in [0.05, 0.1) is 12.3 Å². The number of imide groups is 1. The van der Waals surface area contributed by atoms with Gasteiger partial charge in [-0.25, -0.2) is 9.69 Å². The summed E-state index contributed by atoms with van der Waals surface area (Å²) in [6.07, 6.45) is 0.382. The van der Waals surface area contributed by atoms with Gasteiger partial charge in [0.25, 0.3) is 5.91 Å². The highest BCUT2D eigenvalue weighted by Crippen LogP contribution is 2.41. The number of ether oxygens (including phenoxy) is 2. The summed E-state index contributed by atoms with van der Waals surface area (Å²) in [5, 5.41) is 0. The monoisotopic (exact) mass is 444 g/mol. The van der Waals surface area contributed by atoms with Gasteiger partial charge in [-0.1, -0.05) is 60.7 Å². The number of carbonyl (C=O) groups is 2. The Morgan fingerprint density at radius 3 is 2.42 bits per heavy atom. The summed E-state index contributed by atoms with van der Waals surface area (Å²) in [6, 6.07) is 20.8. The van der Waals surface area contributed by atoms with Gasteiger partial charge in [-0.05, 0) is 50.5 Å².